The molecule has 0 aromatic rings. The molecule has 112 valence electrons. The van der Waals surface area contributed by atoms with Crippen LogP contribution >= 0.6 is 0 Å². The third kappa shape index (κ3) is 12.0. The van der Waals surface area contributed by atoms with E-state index in [1.54, 1.807) is 0 Å². The van der Waals surface area contributed by atoms with Gasteiger partial charge in [0.15, 0.2) is 0 Å². The average Bonchev–Trinajstić information content (AvgIpc) is 2.35. The molecule has 0 atom stereocenters. The Hall–Kier alpha value is -0.840. The zero-order chi connectivity index (χ0) is 14.5. The van der Waals surface area contributed by atoms with Crippen molar-refractivity contribution in [1.82, 2.24) is 0 Å². The molecule has 0 aliphatic heterocycles. The molecule has 0 heterocycles. The van der Waals surface area contributed by atoms with Gasteiger partial charge in [0, 0.05) is 6.42 Å². The summed E-state index contributed by atoms with van der Waals surface area (Å²) >= 11 is 0. The van der Waals surface area contributed by atoms with Crippen LogP contribution in [0.25, 0.3) is 0 Å². The fraction of sp³-hybridized carbons (Fsp3) is 0.857. The molecule has 4 nitrogen and oxygen atoms in total. The molecule has 0 aliphatic rings. The van der Waals surface area contributed by atoms with Crippen LogP contribution in [-0.4, -0.2) is 19.2 Å². The quantitative estimate of drug-likeness (QED) is 0.443. The lowest BCUT2D eigenvalue weighted by Crippen LogP contribution is -2.13. The molecule has 0 aliphatic carbocycles. The minimum Gasteiger partial charge on any atom is -0.370 e. The van der Waals surface area contributed by atoms with Crippen molar-refractivity contribution >= 4 is 21.1 Å². The monoisotopic (exact) mass is 289 g/mol. The van der Waals surface area contributed by atoms with Crippen molar-refractivity contribution in [2.75, 3.05) is 0 Å². The van der Waals surface area contributed by atoms with Crippen molar-refractivity contribution < 1.29 is 13.2 Å². The molecular formula is C14H27NO3S. The first-order valence-corrected chi connectivity index (χ1v) is 8.37. The highest BCUT2D eigenvalue weighted by molar-refractivity contribution is 7.73. The van der Waals surface area contributed by atoms with Crippen molar-refractivity contribution in [1.29, 1.82) is 0 Å². The molecular weight excluding hydrogens is 262 g/mol. The first kappa shape index (κ1) is 18.2. The summed E-state index contributed by atoms with van der Waals surface area (Å²) in [5, 5.41) is 0. The number of carbonyl (C=O) groups is 1. The molecule has 0 bridgehead atoms. The number of amides is 1. The molecule has 19 heavy (non-hydrogen) atoms. The van der Waals surface area contributed by atoms with Gasteiger partial charge in [-0.05, 0) is 19.3 Å². The Bertz CT molecular complexity index is 366. The molecule has 0 rings (SSSR count). The van der Waals surface area contributed by atoms with E-state index in [2.05, 4.69) is 6.92 Å². The SMILES string of the molecule is CCCCCCCCCCC(CCC(N)=O)=S(=O)=O. The molecule has 0 radical (unpaired) electrons. The second kappa shape index (κ2) is 12.2. The van der Waals surface area contributed by atoms with Gasteiger partial charge in [-0.3, -0.25) is 4.79 Å². The Kier molecular flexibility index (Phi) is 11.7. The first-order valence-electron chi connectivity index (χ1n) is 7.30. The number of nitrogens with two attached hydrogens (primary N) is 1. The van der Waals surface area contributed by atoms with E-state index in [9.17, 15) is 13.2 Å². The Morgan fingerprint density at radius 3 is 1.84 bits per heavy atom. The Labute approximate surface area is 118 Å². The van der Waals surface area contributed by atoms with E-state index in [0.29, 0.717) is 11.3 Å². The number of unbranched alkanes of at least 4 members (excludes halogenated alkanes) is 7. The predicted octanol–water partition coefficient (Wildman–Crippen LogP) is 2.83. The number of rotatable bonds is 12. The summed E-state index contributed by atoms with van der Waals surface area (Å²) in [7, 11) is -2.17. The fourth-order valence-electron chi connectivity index (χ4n) is 2.01. The summed E-state index contributed by atoms with van der Waals surface area (Å²) < 4.78 is 21.9. The maximum absolute atomic E-state index is 11.0. The highest BCUT2D eigenvalue weighted by atomic mass is 32.2. The van der Waals surface area contributed by atoms with Gasteiger partial charge in [-0.15, -0.1) is 0 Å². The van der Waals surface area contributed by atoms with Crippen LogP contribution in [-0.2, 0) is 15.1 Å². The molecule has 1 amide bonds. The molecule has 2 N–H and O–H groups in total. The Morgan fingerprint density at radius 2 is 1.37 bits per heavy atom. The van der Waals surface area contributed by atoms with Gasteiger partial charge in [-0.2, -0.15) is 8.42 Å². The molecule has 5 heteroatoms. The van der Waals surface area contributed by atoms with Gasteiger partial charge in [0.1, 0.15) is 0 Å². The van der Waals surface area contributed by atoms with Gasteiger partial charge in [0.05, 0.1) is 4.86 Å². The summed E-state index contributed by atoms with van der Waals surface area (Å²) in [6.45, 7) is 2.20. The molecule has 0 fully saturated rings. The third-order valence-electron chi connectivity index (χ3n) is 3.20. The van der Waals surface area contributed by atoms with Crippen LogP contribution in [0.4, 0.5) is 0 Å². The Morgan fingerprint density at radius 1 is 0.842 bits per heavy atom. The fourth-order valence-corrected chi connectivity index (χ4v) is 2.59. The highest BCUT2D eigenvalue weighted by Gasteiger charge is 2.04. The summed E-state index contributed by atoms with van der Waals surface area (Å²) in [4.78, 5) is 11.1. The highest BCUT2D eigenvalue weighted by Crippen LogP contribution is 2.10. The molecule has 0 saturated carbocycles. The topological polar surface area (TPSA) is 77.2 Å². The molecule has 0 aromatic heterocycles. The van der Waals surface area contributed by atoms with Crippen LogP contribution in [0.5, 0.6) is 0 Å². The molecule has 0 spiro atoms. The van der Waals surface area contributed by atoms with E-state index in [-0.39, 0.29) is 12.8 Å². The maximum Gasteiger partial charge on any atom is 0.217 e. The van der Waals surface area contributed by atoms with E-state index in [1.807, 2.05) is 0 Å². The molecule has 0 saturated heterocycles. The second-order valence-electron chi connectivity index (χ2n) is 4.96. The van der Waals surface area contributed by atoms with E-state index in [4.69, 9.17) is 5.73 Å². The van der Waals surface area contributed by atoms with Gasteiger partial charge >= 0.3 is 0 Å². The zero-order valence-electron chi connectivity index (χ0n) is 12.0. The molecule has 0 aromatic carbocycles. The van der Waals surface area contributed by atoms with E-state index < -0.39 is 16.2 Å². The van der Waals surface area contributed by atoms with Gasteiger partial charge in [-0.25, -0.2) is 0 Å². The number of carbonyl (C=O) groups excluding carboxylic acids is 1. The van der Waals surface area contributed by atoms with Gasteiger partial charge < -0.3 is 5.73 Å². The second-order valence-corrected chi connectivity index (χ2v) is 6.01. The average molecular weight is 289 g/mol. The van der Waals surface area contributed by atoms with Crippen LogP contribution in [0.1, 0.15) is 77.6 Å². The lowest BCUT2D eigenvalue weighted by atomic mass is 10.1. The van der Waals surface area contributed by atoms with Gasteiger partial charge in [0.2, 0.25) is 16.2 Å². The largest absolute Gasteiger partial charge is 0.370 e. The van der Waals surface area contributed by atoms with Crippen molar-refractivity contribution in [3.63, 3.8) is 0 Å². The van der Waals surface area contributed by atoms with E-state index >= 15 is 0 Å². The zero-order valence-corrected chi connectivity index (χ0v) is 12.8. The predicted molar refractivity (Wildman–Crippen MR) is 79.6 cm³/mol. The smallest absolute Gasteiger partial charge is 0.217 e. The van der Waals surface area contributed by atoms with Crippen LogP contribution in [0.3, 0.4) is 0 Å². The summed E-state index contributed by atoms with van der Waals surface area (Å²) in [6, 6.07) is 0. The van der Waals surface area contributed by atoms with Crippen LogP contribution < -0.4 is 5.73 Å². The van der Waals surface area contributed by atoms with E-state index in [1.165, 1.54) is 32.1 Å². The lowest BCUT2D eigenvalue weighted by molar-refractivity contribution is -0.117. The van der Waals surface area contributed by atoms with Gasteiger partial charge in [-0.1, -0.05) is 51.9 Å². The maximum atomic E-state index is 11.0. The minimum absolute atomic E-state index is 0.125. The van der Waals surface area contributed by atoms with Crippen molar-refractivity contribution in [3.8, 4) is 0 Å². The normalized spacial score (nSPS) is 10.4. The first-order chi connectivity index (χ1) is 9.07. The van der Waals surface area contributed by atoms with Crippen LogP contribution in [0.2, 0.25) is 0 Å². The number of hydrogen-bond acceptors (Lipinski definition) is 3. The molecule has 0 unspecified atom stereocenters. The standard InChI is InChI=1S/C14H27NO3S/c1-2-3-4-5-6-7-8-9-10-13(19(17)18)11-12-14(15)16/h2-12H2,1H3,(H2,15,16). The summed E-state index contributed by atoms with van der Waals surface area (Å²) in [5.74, 6) is -0.445. The van der Waals surface area contributed by atoms with Crippen molar-refractivity contribution in [3.05, 3.63) is 0 Å². The summed E-state index contributed by atoms with van der Waals surface area (Å²) in [5.41, 5.74) is 5.02. The van der Waals surface area contributed by atoms with E-state index in [0.717, 1.165) is 19.3 Å². The van der Waals surface area contributed by atoms with Crippen LogP contribution in [0.15, 0.2) is 0 Å². The number of hydrogen-bond donors (Lipinski definition) is 1. The van der Waals surface area contributed by atoms with Crippen molar-refractivity contribution in [2.24, 2.45) is 5.73 Å². The number of primary amides is 1. The van der Waals surface area contributed by atoms with Crippen molar-refractivity contribution in [2.45, 2.75) is 77.6 Å². The van der Waals surface area contributed by atoms with Crippen LogP contribution in [0, 0.1) is 0 Å². The summed E-state index contributed by atoms with van der Waals surface area (Å²) in [6.07, 6.45) is 10.5. The third-order valence-corrected chi connectivity index (χ3v) is 4.07. The Balaban J connectivity index is 3.67. The lowest BCUT2D eigenvalue weighted by Gasteiger charge is -2.02. The minimum atomic E-state index is -2.17. The van der Waals surface area contributed by atoms with Gasteiger partial charge in [0.25, 0.3) is 0 Å².